The molecule has 0 atom stereocenters. The molecular weight excluding hydrogens is 483 g/mol. The third kappa shape index (κ3) is 7.33. The molecule has 0 bridgehead atoms. The van der Waals surface area contributed by atoms with E-state index in [0.717, 1.165) is 37.9 Å². The maximum absolute atomic E-state index is 4.80. The highest BCUT2D eigenvalue weighted by Gasteiger charge is 2.20. The van der Waals surface area contributed by atoms with Crippen LogP contribution in [0.4, 0.5) is 5.13 Å². The SMILES string of the molecule is CN=C(NCCc1csc(N2CCCC2)n1)NC1CCN(CC(C)C)CC1.I. The van der Waals surface area contributed by atoms with E-state index in [-0.39, 0.29) is 24.0 Å². The van der Waals surface area contributed by atoms with Gasteiger partial charge in [0, 0.05) is 64.2 Å². The summed E-state index contributed by atoms with van der Waals surface area (Å²) in [7, 11) is 1.86. The number of likely N-dealkylation sites (tertiary alicyclic amines) is 1. The molecule has 2 fully saturated rings. The van der Waals surface area contributed by atoms with Crippen molar-refractivity contribution in [3.8, 4) is 0 Å². The lowest BCUT2D eigenvalue weighted by Gasteiger charge is -2.33. The van der Waals surface area contributed by atoms with Crippen LogP contribution in [-0.4, -0.2) is 68.2 Å². The molecule has 2 saturated heterocycles. The minimum atomic E-state index is 0. The molecular formula is C20H37IN6S. The Morgan fingerprint density at radius 2 is 1.96 bits per heavy atom. The van der Waals surface area contributed by atoms with E-state index in [2.05, 4.69) is 44.7 Å². The van der Waals surface area contributed by atoms with Gasteiger partial charge in [-0.25, -0.2) is 4.98 Å². The van der Waals surface area contributed by atoms with Crippen molar-refractivity contribution >= 4 is 46.4 Å². The van der Waals surface area contributed by atoms with E-state index in [1.54, 1.807) is 11.3 Å². The van der Waals surface area contributed by atoms with Gasteiger partial charge in [-0.2, -0.15) is 0 Å². The van der Waals surface area contributed by atoms with Crippen molar-refractivity contribution in [2.75, 3.05) is 51.2 Å². The number of halogens is 1. The number of nitrogens with zero attached hydrogens (tertiary/aromatic N) is 4. The lowest BCUT2D eigenvalue weighted by Crippen LogP contribution is -2.49. The number of hydrogen-bond donors (Lipinski definition) is 2. The molecule has 8 heteroatoms. The van der Waals surface area contributed by atoms with E-state index >= 15 is 0 Å². The molecule has 0 amide bonds. The smallest absolute Gasteiger partial charge is 0.191 e. The number of aromatic nitrogens is 1. The predicted molar refractivity (Wildman–Crippen MR) is 131 cm³/mol. The minimum Gasteiger partial charge on any atom is -0.356 e. The zero-order valence-electron chi connectivity index (χ0n) is 17.6. The largest absolute Gasteiger partial charge is 0.356 e. The summed E-state index contributed by atoms with van der Waals surface area (Å²) < 4.78 is 0. The number of guanidine groups is 1. The van der Waals surface area contributed by atoms with E-state index in [0.29, 0.717) is 6.04 Å². The molecule has 1 aromatic heterocycles. The molecule has 160 valence electrons. The summed E-state index contributed by atoms with van der Waals surface area (Å²) in [5, 5.41) is 10.5. The number of nitrogens with one attached hydrogen (secondary N) is 2. The standard InChI is InChI=1S/C20H36N6S.HI/c1-16(2)14-25-12-7-17(8-13-25)23-19(21-3)22-9-6-18-15-27-20(24-18)26-10-4-5-11-26;/h15-17H,4-14H2,1-3H3,(H2,21,22,23);1H. The van der Waals surface area contributed by atoms with Gasteiger partial charge in [-0.3, -0.25) is 4.99 Å². The van der Waals surface area contributed by atoms with Crippen LogP contribution in [0, 0.1) is 5.92 Å². The van der Waals surface area contributed by atoms with Crippen molar-refractivity contribution in [1.82, 2.24) is 20.5 Å². The van der Waals surface area contributed by atoms with E-state index in [1.807, 2.05) is 7.05 Å². The van der Waals surface area contributed by atoms with Crippen LogP contribution in [-0.2, 0) is 6.42 Å². The van der Waals surface area contributed by atoms with E-state index in [1.165, 1.54) is 56.1 Å². The lowest BCUT2D eigenvalue weighted by atomic mass is 10.0. The first kappa shape index (κ1) is 23.7. The van der Waals surface area contributed by atoms with Crippen LogP contribution in [0.5, 0.6) is 0 Å². The van der Waals surface area contributed by atoms with Crippen LogP contribution in [0.25, 0.3) is 0 Å². The van der Waals surface area contributed by atoms with Gasteiger partial charge in [-0.1, -0.05) is 13.8 Å². The van der Waals surface area contributed by atoms with Gasteiger partial charge in [0.15, 0.2) is 11.1 Å². The average molecular weight is 521 g/mol. The van der Waals surface area contributed by atoms with Crippen LogP contribution in [0.2, 0.25) is 0 Å². The first-order valence-corrected chi connectivity index (χ1v) is 11.4. The molecule has 6 nitrogen and oxygen atoms in total. The van der Waals surface area contributed by atoms with Crippen LogP contribution in [0.15, 0.2) is 10.4 Å². The van der Waals surface area contributed by atoms with Crippen molar-refractivity contribution in [2.24, 2.45) is 10.9 Å². The van der Waals surface area contributed by atoms with Gasteiger partial charge in [0.1, 0.15) is 0 Å². The summed E-state index contributed by atoms with van der Waals surface area (Å²) in [6.07, 6.45) is 5.93. The topological polar surface area (TPSA) is 55.8 Å². The fourth-order valence-electron chi connectivity index (χ4n) is 3.94. The first-order chi connectivity index (χ1) is 13.1. The van der Waals surface area contributed by atoms with Crippen molar-refractivity contribution < 1.29 is 0 Å². The quantitative estimate of drug-likeness (QED) is 0.329. The van der Waals surface area contributed by atoms with Crippen LogP contribution < -0.4 is 15.5 Å². The Morgan fingerprint density at radius 3 is 2.61 bits per heavy atom. The summed E-state index contributed by atoms with van der Waals surface area (Å²) in [5.74, 6) is 1.67. The van der Waals surface area contributed by atoms with Crippen molar-refractivity contribution in [1.29, 1.82) is 0 Å². The molecule has 3 heterocycles. The predicted octanol–water partition coefficient (Wildman–Crippen LogP) is 3.19. The molecule has 1 aromatic rings. The second-order valence-electron chi connectivity index (χ2n) is 8.18. The highest BCUT2D eigenvalue weighted by atomic mass is 127. The number of thiazole rings is 1. The highest BCUT2D eigenvalue weighted by Crippen LogP contribution is 2.24. The summed E-state index contributed by atoms with van der Waals surface area (Å²) in [6, 6.07) is 0.528. The number of hydrogen-bond acceptors (Lipinski definition) is 5. The van der Waals surface area contributed by atoms with E-state index in [9.17, 15) is 0 Å². The minimum absolute atomic E-state index is 0. The van der Waals surface area contributed by atoms with Crippen molar-refractivity contribution in [3.05, 3.63) is 11.1 Å². The molecule has 2 aliphatic heterocycles. The zero-order chi connectivity index (χ0) is 19.1. The maximum atomic E-state index is 4.80. The molecule has 2 aliphatic rings. The molecule has 3 rings (SSSR count). The summed E-state index contributed by atoms with van der Waals surface area (Å²) in [6.45, 7) is 11.4. The maximum Gasteiger partial charge on any atom is 0.191 e. The Labute approximate surface area is 191 Å². The fraction of sp³-hybridized carbons (Fsp3) is 0.800. The van der Waals surface area contributed by atoms with E-state index < -0.39 is 0 Å². The molecule has 0 unspecified atom stereocenters. The number of anilines is 1. The van der Waals surface area contributed by atoms with Gasteiger partial charge in [-0.05, 0) is 31.6 Å². The Balaban J connectivity index is 0.00000280. The van der Waals surface area contributed by atoms with Crippen LogP contribution in [0.1, 0.15) is 45.2 Å². The van der Waals surface area contributed by atoms with Crippen molar-refractivity contribution in [3.63, 3.8) is 0 Å². The molecule has 0 radical (unpaired) electrons. The Morgan fingerprint density at radius 1 is 1.25 bits per heavy atom. The number of piperidine rings is 1. The van der Waals surface area contributed by atoms with Gasteiger partial charge in [0.25, 0.3) is 0 Å². The second kappa shape index (κ2) is 12.2. The van der Waals surface area contributed by atoms with Crippen molar-refractivity contribution in [2.45, 2.75) is 52.0 Å². The normalized spacial score (nSPS) is 19.1. The first-order valence-electron chi connectivity index (χ1n) is 10.5. The number of aliphatic imine (C=N–C) groups is 1. The summed E-state index contributed by atoms with van der Waals surface area (Å²) in [5.41, 5.74) is 1.19. The molecule has 28 heavy (non-hydrogen) atoms. The lowest BCUT2D eigenvalue weighted by molar-refractivity contribution is 0.187. The summed E-state index contributed by atoms with van der Waals surface area (Å²) >= 11 is 1.78. The molecule has 0 spiro atoms. The van der Waals surface area contributed by atoms with Crippen LogP contribution in [0.3, 0.4) is 0 Å². The van der Waals surface area contributed by atoms with Crippen LogP contribution >= 0.6 is 35.3 Å². The third-order valence-electron chi connectivity index (χ3n) is 5.37. The van der Waals surface area contributed by atoms with Gasteiger partial charge in [0.2, 0.25) is 0 Å². The van der Waals surface area contributed by atoms with Gasteiger partial charge in [-0.15, -0.1) is 35.3 Å². The molecule has 0 saturated carbocycles. The molecule has 2 N–H and O–H groups in total. The van der Waals surface area contributed by atoms with E-state index in [4.69, 9.17) is 4.98 Å². The number of rotatable bonds is 7. The molecule has 0 aliphatic carbocycles. The summed E-state index contributed by atoms with van der Waals surface area (Å²) in [4.78, 5) is 14.2. The van der Waals surface area contributed by atoms with Gasteiger partial charge in [0.05, 0.1) is 5.69 Å². The monoisotopic (exact) mass is 520 g/mol. The third-order valence-corrected chi connectivity index (χ3v) is 6.32. The zero-order valence-corrected chi connectivity index (χ0v) is 20.8. The second-order valence-corrected chi connectivity index (χ2v) is 9.01. The Hall–Kier alpha value is -0.610. The fourth-order valence-corrected chi connectivity index (χ4v) is 4.85. The highest BCUT2D eigenvalue weighted by molar-refractivity contribution is 14.0. The average Bonchev–Trinajstić information content (AvgIpc) is 3.33. The Bertz CT molecular complexity index is 591. The van der Waals surface area contributed by atoms with Gasteiger partial charge < -0.3 is 20.4 Å². The molecule has 0 aromatic carbocycles. The van der Waals surface area contributed by atoms with Gasteiger partial charge >= 0.3 is 0 Å². The Kier molecular flexibility index (Phi) is 10.3.